The summed E-state index contributed by atoms with van der Waals surface area (Å²) in [6, 6.07) is -0.0353. The van der Waals surface area contributed by atoms with E-state index in [0.717, 1.165) is 22.9 Å². The summed E-state index contributed by atoms with van der Waals surface area (Å²) in [5, 5.41) is 2.71. The molecule has 0 saturated carbocycles. The molecule has 1 aromatic heterocycles. The maximum Gasteiger partial charge on any atom is 0.435 e. The lowest BCUT2D eigenvalue weighted by Crippen LogP contribution is -2.08. The van der Waals surface area contributed by atoms with Crippen LogP contribution in [0.5, 0.6) is 0 Å². The first-order valence-corrected chi connectivity index (χ1v) is 3.99. The second-order valence-electron chi connectivity index (χ2n) is 2.27. The van der Waals surface area contributed by atoms with Crippen molar-refractivity contribution in [3.05, 3.63) is 17.5 Å². The predicted octanol–water partition coefficient (Wildman–Crippen LogP) is 3.12. The third kappa shape index (κ3) is 2.30. The second-order valence-corrected chi connectivity index (χ2v) is 3.18. The summed E-state index contributed by atoms with van der Waals surface area (Å²) < 4.78 is 71.9. The Morgan fingerprint density at radius 3 is 1.79 bits per heavy atom. The Bertz CT molecular complexity index is 337. The Balaban J connectivity index is 3.19. The van der Waals surface area contributed by atoms with Crippen molar-refractivity contribution in [1.29, 1.82) is 0 Å². The minimum atomic E-state index is -4.86. The molecule has 1 rings (SSSR count). The number of hydrogen-bond acceptors (Lipinski definition) is 1. The van der Waals surface area contributed by atoms with Crippen LogP contribution in [0.2, 0.25) is 0 Å². The molecule has 0 aliphatic heterocycles. The van der Waals surface area contributed by atoms with Crippen molar-refractivity contribution in [2.45, 2.75) is 12.4 Å². The molecule has 0 atom stereocenters. The van der Waals surface area contributed by atoms with Crippen LogP contribution in [-0.2, 0) is 12.4 Å². The van der Waals surface area contributed by atoms with E-state index in [4.69, 9.17) is 0 Å². The first kappa shape index (κ1) is 11.6. The van der Waals surface area contributed by atoms with Gasteiger partial charge in [0.2, 0.25) is 0 Å². The molecule has 0 aliphatic rings. The van der Waals surface area contributed by atoms with E-state index in [9.17, 15) is 26.3 Å². The average Bonchev–Trinajstić information content (AvgIpc) is 2.27. The zero-order chi connectivity index (χ0) is 11.1. The van der Waals surface area contributed by atoms with Gasteiger partial charge in [-0.05, 0) is 0 Å². The van der Waals surface area contributed by atoms with Crippen LogP contribution in [-0.4, -0.2) is 7.99 Å². The van der Waals surface area contributed by atoms with Gasteiger partial charge in [-0.3, -0.25) is 0 Å². The van der Waals surface area contributed by atoms with Gasteiger partial charge < -0.3 is 0 Å². The van der Waals surface area contributed by atoms with E-state index < -0.39 is 23.7 Å². The molecule has 2 nitrogen and oxygen atoms in total. The molecule has 0 fully saturated rings. The molecular weight excluding hydrogens is 329 g/mol. The molecule has 0 radical (unpaired) electrons. The van der Waals surface area contributed by atoms with Crippen LogP contribution in [0.3, 0.4) is 0 Å². The highest BCUT2D eigenvalue weighted by atomic mass is 127. The Morgan fingerprint density at radius 1 is 1.07 bits per heavy atom. The smallest absolute Gasteiger partial charge is 0.199 e. The number of nitrogens with zero attached hydrogens (tertiary/aromatic N) is 2. The summed E-state index contributed by atoms with van der Waals surface area (Å²) in [5.74, 6) is 0. The van der Waals surface area contributed by atoms with E-state index >= 15 is 0 Å². The van der Waals surface area contributed by atoms with E-state index in [1.54, 1.807) is 0 Å². The van der Waals surface area contributed by atoms with Crippen molar-refractivity contribution < 1.29 is 26.3 Å². The van der Waals surface area contributed by atoms with Crippen molar-refractivity contribution in [2.24, 2.45) is 0 Å². The highest BCUT2D eigenvalue weighted by Crippen LogP contribution is 2.35. The maximum atomic E-state index is 12.0. The molecule has 80 valence electrons. The molecular formula is C5HF6IN2. The third-order valence-corrected chi connectivity index (χ3v) is 1.98. The number of rotatable bonds is 0. The van der Waals surface area contributed by atoms with Crippen LogP contribution >= 0.6 is 22.9 Å². The van der Waals surface area contributed by atoms with Crippen LogP contribution in [0.15, 0.2) is 6.07 Å². The first-order chi connectivity index (χ1) is 6.12. The third-order valence-electron chi connectivity index (χ3n) is 1.25. The van der Waals surface area contributed by atoms with Gasteiger partial charge in [0.05, 0.1) is 22.9 Å². The Kier molecular flexibility index (Phi) is 2.71. The molecule has 9 heteroatoms. The molecule has 0 aliphatic carbocycles. The molecule has 0 spiro atoms. The number of alkyl halides is 6. The van der Waals surface area contributed by atoms with Crippen molar-refractivity contribution >= 4 is 22.9 Å². The van der Waals surface area contributed by atoms with Gasteiger partial charge in [-0.15, -0.1) is 0 Å². The van der Waals surface area contributed by atoms with E-state index in [2.05, 4.69) is 5.10 Å². The van der Waals surface area contributed by atoms with Crippen LogP contribution in [0.25, 0.3) is 0 Å². The van der Waals surface area contributed by atoms with Crippen LogP contribution in [0, 0.1) is 0 Å². The summed E-state index contributed by atoms with van der Waals surface area (Å²) in [6.07, 6.45) is -9.70. The minimum absolute atomic E-state index is 0.0353. The van der Waals surface area contributed by atoms with Crippen LogP contribution in [0.4, 0.5) is 26.3 Å². The average molecular weight is 330 g/mol. The molecule has 0 N–H and O–H groups in total. The summed E-state index contributed by atoms with van der Waals surface area (Å²) in [5.41, 5.74) is -3.00. The fourth-order valence-corrected chi connectivity index (χ4v) is 1.33. The monoisotopic (exact) mass is 330 g/mol. The van der Waals surface area contributed by atoms with Gasteiger partial charge in [0.1, 0.15) is 0 Å². The Morgan fingerprint density at radius 2 is 1.57 bits per heavy atom. The summed E-state index contributed by atoms with van der Waals surface area (Å²) >= 11 is 1.03. The second kappa shape index (κ2) is 3.28. The molecule has 14 heavy (non-hydrogen) atoms. The molecule has 0 amide bonds. The molecule has 0 unspecified atom stereocenters. The highest BCUT2D eigenvalue weighted by molar-refractivity contribution is 14.1. The largest absolute Gasteiger partial charge is 0.435 e. The molecule has 1 heterocycles. The van der Waals surface area contributed by atoms with E-state index in [1.807, 2.05) is 0 Å². The predicted molar refractivity (Wildman–Crippen MR) is 41.6 cm³/mol. The number of hydrogen-bond donors (Lipinski definition) is 0. The van der Waals surface area contributed by atoms with Gasteiger partial charge in [-0.2, -0.15) is 34.3 Å². The van der Waals surface area contributed by atoms with Gasteiger partial charge >= 0.3 is 12.4 Å². The van der Waals surface area contributed by atoms with Crippen LogP contribution in [0.1, 0.15) is 11.4 Å². The maximum absolute atomic E-state index is 12.0. The fraction of sp³-hybridized carbons (Fsp3) is 0.400. The minimum Gasteiger partial charge on any atom is -0.199 e. The topological polar surface area (TPSA) is 17.8 Å². The van der Waals surface area contributed by atoms with Crippen molar-refractivity contribution in [1.82, 2.24) is 7.99 Å². The number of halogens is 7. The molecule has 0 aromatic carbocycles. The van der Waals surface area contributed by atoms with Gasteiger partial charge in [0, 0.05) is 6.07 Å². The summed E-state index contributed by atoms with van der Waals surface area (Å²) in [4.78, 5) is 0. The molecule has 1 aromatic rings. The zero-order valence-electron chi connectivity index (χ0n) is 6.12. The lowest BCUT2D eigenvalue weighted by atomic mass is 10.3. The molecule has 0 saturated heterocycles. The van der Waals surface area contributed by atoms with E-state index in [0.29, 0.717) is 0 Å². The first-order valence-electron chi connectivity index (χ1n) is 3.03. The Labute approximate surface area is 87.4 Å². The fourth-order valence-electron chi connectivity index (χ4n) is 0.685. The van der Waals surface area contributed by atoms with Gasteiger partial charge in [-0.1, -0.05) is 0 Å². The molecule has 0 bridgehead atoms. The standard InChI is InChI=1S/C5HF6IN2/c6-4(7,8)2-1-3(5(9,10)11)14(12)13-2/h1H. The number of aromatic nitrogens is 2. The van der Waals surface area contributed by atoms with Crippen molar-refractivity contribution in [3.63, 3.8) is 0 Å². The Hall–Kier alpha value is -0.480. The summed E-state index contributed by atoms with van der Waals surface area (Å²) in [6.45, 7) is 0. The van der Waals surface area contributed by atoms with Crippen LogP contribution < -0.4 is 0 Å². The lowest BCUT2D eigenvalue weighted by Gasteiger charge is -2.03. The highest BCUT2D eigenvalue weighted by Gasteiger charge is 2.41. The zero-order valence-corrected chi connectivity index (χ0v) is 8.28. The van der Waals surface area contributed by atoms with E-state index in [1.165, 1.54) is 0 Å². The SMILES string of the molecule is FC(F)(F)c1cc(C(F)(F)F)n(I)n1. The normalized spacial score (nSPS) is 13.4. The van der Waals surface area contributed by atoms with Gasteiger partial charge in [0.15, 0.2) is 11.4 Å². The summed E-state index contributed by atoms with van der Waals surface area (Å²) in [7, 11) is 0. The van der Waals surface area contributed by atoms with Gasteiger partial charge in [-0.25, -0.2) is 0 Å². The van der Waals surface area contributed by atoms with Crippen molar-refractivity contribution in [3.8, 4) is 0 Å². The lowest BCUT2D eigenvalue weighted by molar-refractivity contribution is -0.143. The van der Waals surface area contributed by atoms with Crippen molar-refractivity contribution in [2.75, 3.05) is 0 Å². The van der Waals surface area contributed by atoms with E-state index in [-0.39, 0.29) is 8.96 Å². The van der Waals surface area contributed by atoms with Gasteiger partial charge in [0.25, 0.3) is 0 Å². The quantitative estimate of drug-likeness (QED) is 0.528.